The molecule has 36 heavy (non-hydrogen) atoms. The molecule has 2 heterocycles. The van der Waals surface area contributed by atoms with Gasteiger partial charge >= 0.3 is 12.1 Å². The van der Waals surface area contributed by atoms with E-state index in [-0.39, 0.29) is 24.8 Å². The zero-order valence-electron chi connectivity index (χ0n) is 20.0. The number of hydrogen-bond acceptors (Lipinski definition) is 6. The number of Topliss-reactive ketones (excluding diaryl/α,β-unsaturated/α-hetero) is 1. The first-order valence-corrected chi connectivity index (χ1v) is 11.8. The number of rotatable bonds is 7. The van der Waals surface area contributed by atoms with Crippen LogP contribution in [0.5, 0.6) is 0 Å². The largest absolute Gasteiger partial charge is 0.466 e. The van der Waals surface area contributed by atoms with Crippen molar-refractivity contribution in [3.05, 3.63) is 71.7 Å². The highest BCUT2D eigenvalue weighted by Crippen LogP contribution is 2.42. The zero-order valence-corrected chi connectivity index (χ0v) is 20.0. The van der Waals surface area contributed by atoms with Crippen LogP contribution < -0.4 is 5.32 Å². The van der Waals surface area contributed by atoms with Gasteiger partial charge in [0.05, 0.1) is 42.5 Å². The lowest BCUT2D eigenvalue weighted by Gasteiger charge is -2.35. The first-order chi connectivity index (χ1) is 17.1. The monoisotopic (exact) mass is 497 g/mol. The minimum atomic E-state index is -4.49. The van der Waals surface area contributed by atoms with E-state index < -0.39 is 17.3 Å². The number of esters is 1. The number of carbonyl (C=O) groups is 2. The number of hydrogen-bond donors (Lipinski definition) is 1. The average molecular weight is 498 g/mol. The van der Waals surface area contributed by atoms with Gasteiger partial charge in [-0.3, -0.25) is 14.6 Å². The minimum absolute atomic E-state index is 0.0245. The van der Waals surface area contributed by atoms with Crippen molar-refractivity contribution >= 4 is 23.1 Å². The number of halogens is 3. The first-order valence-electron chi connectivity index (χ1n) is 11.8. The van der Waals surface area contributed by atoms with Crippen LogP contribution in [-0.4, -0.2) is 28.3 Å². The maximum absolute atomic E-state index is 13.4. The van der Waals surface area contributed by atoms with Crippen molar-refractivity contribution in [1.29, 1.82) is 0 Å². The fraction of sp³-hybridized carbons (Fsp3) is 0.333. The second kappa shape index (κ2) is 10.1. The maximum Gasteiger partial charge on any atom is 0.433 e. The Morgan fingerprint density at radius 2 is 1.78 bits per heavy atom. The average Bonchev–Trinajstić information content (AvgIpc) is 2.86. The molecule has 1 aliphatic carbocycles. The second-order valence-electron chi connectivity index (χ2n) is 8.80. The van der Waals surface area contributed by atoms with E-state index in [4.69, 9.17) is 4.74 Å². The number of aryl methyl sites for hydroxylation is 1. The number of ether oxygens (including phenoxy) is 1. The molecular weight excluding hydrogens is 471 g/mol. The zero-order chi connectivity index (χ0) is 25.9. The van der Waals surface area contributed by atoms with Crippen molar-refractivity contribution < 1.29 is 27.5 Å². The molecule has 0 radical (unpaired) electrons. The molecule has 9 heteroatoms. The lowest BCUT2D eigenvalue weighted by atomic mass is 9.67. The van der Waals surface area contributed by atoms with Crippen molar-refractivity contribution in [1.82, 2.24) is 9.97 Å². The highest BCUT2D eigenvalue weighted by molar-refractivity contribution is 6.04. The molecular formula is C27H26F3N3O3. The molecule has 0 amide bonds. The molecule has 0 saturated heterocycles. The third kappa shape index (κ3) is 5.24. The molecule has 0 saturated carbocycles. The summed E-state index contributed by atoms with van der Waals surface area (Å²) in [4.78, 5) is 33.4. The van der Waals surface area contributed by atoms with Gasteiger partial charge in [-0.25, -0.2) is 4.98 Å². The number of alkyl halides is 3. The second-order valence-corrected chi connectivity index (χ2v) is 8.80. The van der Waals surface area contributed by atoms with Crippen molar-refractivity contribution in [2.75, 3.05) is 11.9 Å². The van der Waals surface area contributed by atoms with E-state index in [1.165, 1.54) is 6.07 Å². The number of fused-ring (bicyclic) bond motifs is 1. The van der Waals surface area contributed by atoms with Crippen LogP contribution in [0.2, 0.25) is 0 Å². The number of benzene rings is 1. The summed E-state index contributed by atoms with van der Waals surface area (Å²) in [6.07, 6.45) is 0.116. The Labute approximate surface area is 206 Å². The quantitative estimate of drug-likeness (QED) is 0.381. The van der Waals surface area contributed by atoms with Gasteiger partial charge in [0.15, 0.2) is 5.78 Å². The highest BCUT2D eigenvalue weighted by atomic mass is 19.4. The van der Waals surface area contributed by atoms with E-state index in [2.05, 4.69) is 15.3 Å². The topological polar surface area (TPSA) is 81.2 Å². The maximum atomic E-state index is 13.4. The number of carbonyl (C=O) groups excluding carboxylic acids is 2. The van der Waals surface area contributed by atoms with Crippen LogP contribution in [0.25, 0.3) is 11.3 Å². The number of aromatic nitrogens is 2. The molecule has 1 aromatic carbocycles. The summed E-state index contributed by atoms with van der Waals surface area (Å²) in [5, 5.41) is 2.98. The van der Waals surface area contributed by atoms with Gasteiger partial charge in [0, 0.05) is 16.5 Å². The summed E-state index contributed by atoms with van der Waals surface area (Å²) < 4.78 is 43.1. The third-order valence-corrected chi connectivity index (χ3v) is 6.57. The number of nitrogens with one attached hydrogen (secondary N) is 1. The Balaban J connectivity index is 1.49. The SMILES string of the molecule is CCOC(=O)CC1(CC)CCc2cc(-c3ccc(Nc4ccc(C(F)(F)F)nc4)cn3)ccc2C1=O. The molecule has 6 nitrogen and oxygen atoms in total. The fourth-order valence-electron chi connectivity index (χ4n) is 4.51. The molecule has 3 aromatic rings. The van der Waals surface area contributed by atoms with Crippen LogP contribution in [-0.2, 0) is 22.1 Å². The molecule has 0 bridgehead atoms. The summed E-state index contributed by atoms with van der Waals surface area (Å²) in [5.41, 5.74) is 2.41. The van der Waals surface area contributed by atoms with Gasteiger partial charge in [-0.2, -0.15) is 13.2 Å². The van der Waals surface area contributed by atoms with Gasteiger partial charge < -0.3 is 10.1 Å². The van der Waals surface area contributed by atoms with Gasteiger partial charge in [-0.15, -0.1) is 0 Å². The molecule has 0 aliphatic heterocycles. The standard InChI is InChI=1S/C27H26F3N3O3/c1-3-26(14-24(34)36-4-2)12-11-17-13-18(5-8-21(17)25(26)35)22-9-6-19(15-31-22)33-20-7-10-23(32-16-20)27(28,29)30/h5-10,13,15-16,33H,3-4,11-12,14H2,1-2H3. The van der Waals surface area contributed by atoms with E-state index in [1.807, 2.05) is 19.1 Å². The molecule has 188 valence electrons. The van der Waals surface area contributed by atoms with Gasteiger partial charge in [-0.05, 0) is 62.1 Å². The van der Waals surface area contributed by atoms with Crippen LogP contribution >= 0.6 is 0 Å². The molecule has 0 spiro atoms. The van der Waals surface area contributed by atoms with Crippen molar-refractivity contribution in [2.45, 2.75) is 45.7 Å². The third-order valence-electron chi connectivity index (χ3n) is 6.57. The Bertz CT molecular complexity index is 1260. The summed E-state index contributed by atoms with van der Waals surface area (Å²) in [7, 11) is 0. The molecule has 2 aromatic heterocycles. The van der Waals surface area contributed by atoms with E-state index in [1.54, 1.807) is 31.3 Å². The molecule has 1 N–H and O–H groups in total. The predicted octanol–water partition coefficient (Wildman–Crippen LogP) is 6.38. The number of ketones is 1. The number of anilines is 2. The number of nitrogens with zero attached hydrogens (tertiary/aromatic N) is 2. The predicted molar refractivity (Wildman–Crippen MR) is 129 cm³/mol. The molecule has 1 atom stereocenters. The normalized spacial score (nSPS) is 17.4. The lowest BCUT2D eigenvalue weighted by molar-refractivity contribution is -0.145. The fourth-order valence-corrected chi connectivity index (χ4v) is 4.51. The summed E-state index contributed by atoms with van der Waals surface area (Å²) in [5.74, 6) is -0.374. The minimum Gasteiger partial charge on any atom is -0.466 e. The van der Waals surface area contributed by atoms with Crippen LogP contribution in [0.15, 0.2) is 54.9 Å². The Hall–Kier alpha value is -3.75. The Morgan fingerprint density at radius 3 is 2.36 bits per heavy atom. The van der Waals surface area contributed by atoms with Crippen LogP contribution in [0.4, 0.5) is 24.5 Å². The van der Waals surface area contributed by atoms with Gasteiger partial charge in [0.2, 0.25) is 0 Å². The van der Waals surface area contributed by atoms with E-state index in [0.717, 1.165) is 23.4 Å². The number of pyridine rings is 2. The van der Waals surface area contributed by atoms with Crippen molar-refractivity contribution in [2.24, 2.45) is 5.41 Å². The van der Waals surface area contributed by atoms with Crippen molar-refractivity contribution in [3.63, 3.8) is 0 Å². The van der Waals surface area contributed by atoms with Crippen LogP contribution in [0, 0.1) is 5.41 Å². The summed E-state index contributed by atoms with van der Waals surface area (Å²) >= 11 is 0. The highest BCUT2D eigenvalue weighted by Gasteiger charge is 2.43. The molecule has 4 rings (SSSR count). The van der Waals surface area contributed by atoms with E-state index >= 15 is 0 Å². The van der Waals surface area contributed by atoms with Crippen LogP contribution in [0.3, 0.4) is 0 Å². The lowest BCUT2D eigenvalue weighted by Crippen LogP contribution is -2.38. The first kappa shape index (κ1) is 25.3. The smallest absolute Gasteiger partial charge is 0.433 e. The molecule has 0 fully saturated rings. The summed E-state index contributed by atoms with van der Waals surface area (Å²) in [6, 6.07) is 11.4. The van der Waals surface area contributed by atoms with Gasteiger partial charge in [0.1, 0.15) is 5.69 Å². The molecule has 1 aliphatic rings. The Kier molecular flexibility index (Phi) is 7.10. The van der Waals surface area contributed by atoms with Gasteiger partial charge in [0.25, 0.3) is 0 Å². The van der Waals surface area contributed by atoms with E-state index in [9.17, 15) is 22.8 Å². The van der Waals surface area contributed by atoms with Crippen molar-refractivity contribution in [3.8, 4) is 11.3 Å². The Morgan fingerprint density at radius 1 is 1.06 bits per heavy atom. The van der Waals surface area contributed by atoms with Crippen LogP contribution in [0.1, 0.15) is 54.7 Å². The molecule has 1 unspecified atom stereocenters. The summed E-state index contributed by atoms with van der Waals surface area (Å²) in [6.45, 7) is 3.96. The van der Waals surface area contributed by atoms with E-state index in [0.29, 0.717) is 41.9 Å². The van der Waals surface area contributed by atoms with Gasteiger partial charge in [-0.1, -0.05) is 19.1 Å².